The summed E-state index contributed by atoms with van der Waals surface area (Å²) in [7, 11) is 0. The first kappa shape index (κ1) is 13.3. The van der Waals surface area contributed by atoms with E-state index in [-0.39, 0.29) is 17.9 Å². The number of nitrogens with one attached hydrogen (secondary N) is 1. The fourth-order valence-corrected chi connectivity index (χ4v) is 2.57. The third-order valence-corrected chi connectivity index (χ3v) is 3.94. The highest BCUT2D eigenvalue weighted by Gasteiger charge is 2.30. The van der Waals surface area contributed by atoms with Gasteiger partial charge in [0.15, 0.2) is 0 Å². The molecule has 0 radical (unpaired) electrons. The van der Waals surface area contributed by atoms with Crippen molar-refractivity contribution in [2.24, 2.45) is 5.92 Å². The quantitative estimate of drug-likeness (QED) is 0.814. The molecule has 2 unspecified atom stereocenters. The molecule has 5 heteroatoms. The molecule has 1 aromatic carbocycles. The van der Waals surface area contributed by atoms with Crippen molar-refractivity contribution in [2.75, 3.05) is 0 Å². The topological polar surface area (TPSA) is 66.4 Å². The Morgan fingerprint density at radius 1 is 1.22 bits per heavy atom. The first-order valence-electron chi connectivity index (χ1n) is 5.85. The molecule has 1 aliphatic rings. The molecule has 0 heterocycles. The Morgan fingerprint density at radius 2 is 1.89 bits per heavy atom. The molecule has 1 fully saturated rings. The summed E-state index contributed by atoms with van der Waals surface area (Å²) in [5.74, 6) is -1.20. The number of carboxylic acids is 1. The maximum atomic E-state index is 11.9. The second-order valence-electron chi connectivity index (χ2n) is 4.53. The summed E-state index contributed by atoms with van der Waals surface area (Å²) in [4.78, 5) is 22.8. The zero-order valence-electron chi connectivity index (χ0n) is 9.73. The van der Waals surface area contributed by atoms with Crippen LogP contribution in [0.25, 0.3) is 0 Å². The van der Waals surface area contributed by atoms with Crippen molar-refractivity contribution in [1.29, 1.82) is 0 Å². The molecule has 1 aliphatic carbocycles. The average molecular weight is 359 g/mol. The third-order valence-electron chi connectivity index (χ3n) is 3.22. The lowest BCUT2D eigenvalue weighted by molar-refractivity contribution is -0.141. The Kier molecular flexibility index (Phi) is 4.21. The van der Waals surface area contributed by atoms with E-state index in [4.69, 9.17) is 5.11 Å². The number of benzene rings is 1. The van der Waals surface area contributed by atoms with Crippen LogP contribution in [-0.4, -0.2) is 23.0 Å². The molecule has 0 saturated heterocycles. The Balaban J connectivity index is 1.92. The van der Waals surface area contributed by atoms with Gasteiger partial charge in [0.25, 0.3) is 5.91 Å². The van der Waals surface area contributed by atoms with Crippen molar-refractivity contribution in [2.45, 2.75) is 25.3 Å². The van der Waals surface area contributed by atoms with Gasteiger partial charge in [0.05, 0.1) is 5.92 Å². The molecule has 0 bridgehead atoms. The molecule has 2 atom stereocenters. The van der Waals surface area contributed by atoms with E-state index in [1.54, 1.807) is 12.1 Å². The number of carbonyl (C=O) groups excluding carboxylic acids is 1. The lowest BCUT2D eigenvalue weighted by Gasteiger charge is -2.12. The number of hydrogen-bond acceptors (Lipinski definition) is 2. The van der Waals surface area contributed by atoms with E-state index in [0.29, 0.717) is 18.4 Å². The summed E-state index contributed by atoms with van der Waals surface area (Å²) >= 11 is 2.18. The maximum absolute atomic E-state index is 11.9. The van der Waals surface area contributed by atoms with Crippen molar-refractivity contribution in [3.63, 3.8) is 0 Å². The highest BCUT2D eigenvalue weighted by atomic mass is 127. The monoisotopic (exact) mass is 359 g/mol. The summed E-state index contributed by atoms with van der Waals surface area (Å²) in [6.45, 7) is 0. The second-order valence-corrected chi connectivity index (χ2v) is 5.77. The minimum absolute atomic E-state index is 0.0159. The number of halogens is 1. The molecule has 4 nitrogen and oxygen atoms in total. The van der Waals surface area contributed by atoms with Gasteiger partial charge in [-0.1, -0.05) is 0 Å². The molecule has 0 aliphatic heterocycles. The Labute approximate surface area is 119 Å². The molecule has 1 saturated carbocycles. The summed E-state index contributed by atoms with van der Waals surface area (Å²) in [5, 5.41) is 11.8. The van der Waals surface area contributed by atoms with Gasteiger partial charge >= 0.3 is 5.97 Å². The van der Waals surface area contributed by atoms with Crippen LogP contribution in [-0.2, 0) is 4.79 Å². The molecule has 0 spiro atoms. The van der Waals surface area contributed by atoms with Gasteiger partial charge in [-0.15, -0.1) is 0 Å². The van der Waals surface area contributed by atoms with Crippen LogP contribution in [0.15, 0.2) is 24.3 Å². The highest BCUT2D eigenvalue weighted by molar-refractivity contribution is 14.1. The van der Waals surface area contributed by atoms with E-state index in [0.717, 1.165) is 9.99 Å². The smallest absolute Gasteiger partial charge is 0.306 e. The van der Waals surface area contributed by atoms with E-state index in [9.17, 15) is 9.59 Å². The Morgan fingerprint density at radius 3 is 2.44 bits per heavy atom. The fraction of sp³-hybridized carbons (Fsp3) is 0.385. The van der Waals surface area contributed by atoms with Crippen LogP contribution in [0.5, 0.6) is 0 Å². The van der Waals surface area contributed by atoms with Crippen LogP contribution >= 0.6 is 22.6 Å². The van der Waals surface area contributed by atoms with Gasteiger partial charge in [-0.3, -0.25) is 9.59 Å². The summed E-state index contributed by atoms with van der Waals surface area (Å²) < 4.78 is 1.08. The number of aliphatic carboxylic acids is 1. The first-order chi connectivity index (χ1) is 8.56. The molecule has 1 amide bonds. The van der Waals surface area contributed by atoms with E-state index < -0.39 is 5.97 Å². The zero-order chi connectivity index (χ0) is 13.1. The highest BCUT2D eigenvalue weighted by Crippen LogP contribution is 2.25. The molecule has 2 N–H and O–H groups in total. The molecular formula is C13H14INO3. The largest absolute Gasteiger partial charge is 0.481 e. The van der Waals surface area contributed by atoms with Crippen molar-refractivity contribution in [1.82, 2.24) is 5.32 Å². The average Bonchev–Trinajstić information content (AvgIpc) is 2.78. The number of hydrogen-bond donors (Lipinski definition) is 2. The summed E-state index contributed by atoms with van der Waals surface area (Å²) in [6, 6.07) is 7.30. The summed E-state index contributed by atoms with van der Waals surface area (Å²) in [6.07, 6.45) is 1.92. The van der Waals surface area contributed by atoms with Crippen LogP contribution < -0.4 is 5.32 Å². The van der Waals surface area contributed by atoms with Crippen LogP contribution in [0.3, 0.4) is 0 Å². The SMILES string of the molecule is O=C(NC1CCC(C(=O)O)C1)c1ccc(I)cc1. The van der Waals surface area contributed by atoms with Gasteiger partial charge in [-0.2, -0.15) is 0 Å². The molecular weight excluding hydrogens is 345 g/mol. The van der Waals surface area contributed by atoms with Gasteiger partial charge in [0, 0.05) is 15.2 Å². The van der Waals surface area contributed by atoms with Crippen LogP contribution in [0.2, 0.25) is 0 Å². The van der Waals surface area contributed by atoms with Crippen molar-refractivity contribution >= 4 is 34.5 Å². The second kappa shape index (κ2) is 5.69. The van der Waals surface area contributed by atoms with Gasteiger partial charge < -0.3 is 10.4 Å². The van der Waals surface area contributed by atoms with Crippen molar-refractivity contribution in [3.05, 3.63) is 33.4 Å². The lowest BCUT2D eigenvalue weighted by Crippen LogP contribution is -2.33. The van der Waals surface area contributed by atoms with Gasteiger partial charge in [0.2, 0.25) is 0 Å². The fourth-order valence-electron chi connectivity index (χ4n) is 2.21. The predicted molar refractivity (Wildman–Crippen MR) is 75.4 cm³/mol. The standard InChI is InChI=1S/C13H14INO3/c14-10-4-1-8(2-5-10)12(16)15-11-6-3-9(7-11)13(17)18/h1-2,4-5,9,11H,3,6-7H2,(H,15,16)(H,17,18). The van der Waals surface area contributed by atoms with Crippen LogP contribution in [0.4, 0.5) is 0 Å². The minimum atomic E-state index is -0.763. The number of carboxylic acid groups (broad SMARTS) is 1. The van der Waals surface area contributed by atoms with Gasteiger partial charge in [-0.25, -0.2) is 0 Å². The molecule has 2 rings (SSSR count). The van der Waals surface area contributed by atoms with E-state index in [1.165, 1.54) is 0 Å². The number of amides is 1. The Hall–Kier alpha value is -1.11. The van der Waals surface area contributed by atoms with E-state index in [1.807, 2.05) is 12.1 Å². The van der Waals surface area contributed by atoms with Gasteiger partial charge in [0.1, 0.15) is 0 Å². The normalized spacial score (nSPS) is 22.7. The zero-order valence-corrected chi connectivity index (χ0v) is 11.9. The number of rotatable bonds is 3. The number of carbonyl (C=O) groups is 2. The van der Waals surface area contributed by atoms with Crippen LogP contribution in [0.1, 0.15) is 29.6 Å². The van der Waals surface area contributed by atoms with Crippen LogP contribution in [0, 0.1) is 9.49 Å². The van der Waals surface area contributed by atoms with Crippen molar-refractivity contribution in [3.8, 4) is 0 Å². The van der Waals surface area contributed by atoms with Gasteiger partial charge in [-0.05, 0) is 66.1 Å². The van der Waals surface area contributed by atoms with E-state index >= 15 is 0 Å². The maximum Gasteiger partial charge on any atom is 0.306 e. The van der Waals surface area contributed by atoms with Crippen molar-refractivity contribution < 1.29 is 14.7 Å². The molecule has 1 aromatic rings. The van der Waals surface area contributed by atoms with E-state index in [2.05, 4.69) is 27.9 Å². The molecule has 18 heavy (non-hydrogen) atoms. The minimum Gasteiger partial charge on any atom is -0.481 e. The lowest BCUT2D eigenvalue weighted by atomic mass is 10.1. The molecule has 0 aromatic heterocycles. The molecule has 96 valence electrons. The first-order valence-corrected chi connectivity index (χ1v) is 6.93. The third kappa shape index (κ3) is 3.22. The predicted octanol–water partition coefficient (Wildman–Crippen LogP) is 2.27. The summed E-state index contributed by atoms with van der Waals surface area (Å²) in [5.41, 5.74) is 0.620. The Bertz CT molecular complexity index is 458.